The molecular formula is C20H23N3O3S. The van der Waals surface area contributed by atoms with Crippen molar-refractivity contribution in [3.05, 3.63) is 54.0 Å². The number of nitrogens with one attached hydrogen (secondary N) is 3. The molecule has 6 nitrogen and oxygen atoms in total. The van der Waals surface area contributed by atoms with Crippen LogP contribution in [0.4, 0.5) is 5.69 Å². The molecule has 7 heteroatoms. The summed E-state index contributed by atoms with van der Waals surface area (Å²) < 4.78 is 5.20. The van der Waals surface area contributed by atoms with Crippen molar-refractivity contribution in [3.8, 4) is 0 Å². The molecule has 1 aromatic carbocycles. The number of hydrogen-bond acceptors (Lipinski definition) is 4. The van der Waals surface area contributed by atoms with Gasteiger partial charge in [-0.05, 0) is 55.4 Å². The molecule has 1 fully saturated rings. The second-order valence-electron chi connectivity index (χ2n) is 6.62. The predicted octanol–water partition coefficient (Wildman–Crippen LogP) is 3.60. The van der Waals surface area contributed by atoms with Crippen LogP contribution in [0, 0.1) is 5.92 Å². The smallest absolute Gasteiger partial charge is 0.251 e. The molecule has 0 atom stereocenters. The van der Waals surface area contributed by atoms with Gasteiger partial charge in [-0.25, -0.2) is 0 Å². The van der Waals surface area contributed by atoms with Gasteiger partial charge in [-0.3, -0.25) is 9.59 Å². The Morgan fingerprint density at radius 1 is 1.11 bits per heavy atom. The van der Waals surface area contributed by atoms with E-state index in [2.05, 4.69) is 16.0 Å². The summed E-state index contributed by atoms with van der Waals surface area (Å²) in [6.07, 6.45) is 6.77. The maximum absolute atomic E-state index is 12.3. The summed E-state index contributed by atoms with van der Waals surface area (Å²) in [7, 11) is 0. The van der Waals surface area contributed by atoms with E-state index in [0.29, 0.717) is 23.6 Å². The van der Waals surface area contributed by atoms with E-state index in [1.54, 1.807) is 42.7 Å². The van der Waals surface area contributed by atoms with Gasteiger partial charge in [0.25, 0.3) is 5.91 Å². The van der Waals surface area contributed by atoms with Crippen LogP contribution >= 0.6 is 12.2 Å². The molecule has 1 aliphatic carbocycles. The number of rotatable bonds is 5. The Morgan fingerprint density at radius 2 is 1.93 bits per heavy atom. The van der Waals surface area contributed by atoms with Gasteiger partial charge in [-0.1, -0.05) is 25.3 Å². The maximum atomic E-state index is 12.3. The van der Waals surface area contributed by atoms with Gasteiger partial charge < -0.3 is 20.4 Å². The minimum atomic E-state index is -0.216. The van der Waals surface area contributed by atoms with Crippen LogP contribution < -0.4 is 16.0 Å². The lowest BCUT2D eigenvalue weighted by atomic mass is 9.89. The summed E-state index contributed by atoms with van der Waals surface area (Å²) >= 11 is 5.24. The fourth-order valence-electron chi connectivity index (χ4n) is 3.16. The molecule has 1 saturated carbocycles. The van der Waals surface area contributed by atoms with Crippen LogP contribution in [0.1, 0.15) is 48.2 Å². The molecule has 27 heavy (non-hydrogen) atoms. The summed E-state index contributed by atoms with van der Waals surface area (Å²) in [6, 6.07) is 10.5. The molecule has 0 bridgehead atoms. The minimum absolute atomic E-state index is 0.0282. The molecule has 3 rings (SSSR count). The van der Waals surface area contributed by atoms with E-state index >= 15 is 0 Å². The summed E-state index contributed by atoms with van der Waals surface area (Å²) in [5.74, 6) is 0.480. The van der Waals surface area contributed by atoms with Crippen molar-refractivity contribution in [1.82, 2.24) is 10.6 Å². The van der Waals surface area contributed by atoms with Crippen LogP contribution in [-0.4, -0.2) is 16.9 Å². The summed E-state index contributed by atoms with van der Waals surface area (Å²) in [6.45, 7) is 0.319. The lowest BCUT2D eigenvalue weighted by Crippen LogP contribution is -2.39. The van der Waals surface area contributed by atoms with Gasteiger partial charge in [0.1, 0.15) is 5.76 Å². The van der Waals surface area contributed by atoms with Gasteiger partial charge in [-0.2, -0.15) is 0 Å². The summed E-state index contributed by atoms with van der Waals surface area (Å²) in [4.78, 5) is 24.5. The molecule has 0 saturated heterocycles. The van der Waals surface area contributed by atoms with Crippen LogP contribution in [0.5, 0.6) is 0 Å². The first kappa shape index (κ1) is 19.1. The van der Waals surface area contributed by atoms with Gasteiger partial charge in [0.2, 0.25) is 5.91 Å². The van der Waals surface area contributed by atoms with E-state index in [1.165, 1.54) is 6.42 Å². The molecule has 142 valence electrons. The van der Waals surface area contributed by atoms with Crippen LogP contribution in [-0.2, 0) is 11.3 Å². The van der Waals surface area contributed by atoms with Crippen molar-refractivity contribution in [2.75, 3.05) is 5.32 Å². The third kappa shape index (κ3) is 5.65. The Balaban J connectivity index is 1.52. The van der Waals surface area contributed by atoms with Crippen molar-refractivity contribution in [2.45, 2.75) is 38.6 Å². The molecular weight excluding hydrogens is 362 g/mol. The third-order valence-electron chi connectivity index (χ3n) is 4.60. The van der Waals surface area contributed by atoms with E-state index in [1.807, 2.05) is 0 Å². The normalized spacial score (nSPS) is 14.4. The van der Waals surface area contributed by atoms with E-state index < -0.39 is 0 Å². The lowest BCUT2D eigenvalue weighted by molar-refractivity contribution is -0.124. The van der Waals surface area contributed by atoms with Crippen molar-refractivity contribution in [1.29, 1.82) is 0 Å². The largest absolute Gasteiger partial charge is 0.467 e. The number of amides is 2. The number of thiocarbonyl (C=S) groups is 1. The molecule has 0 spiro atoms. The first-order valence-corrected chi connectivity index (χ1v) is 9.55. The zero-order valence-electron chi connectivity index (χ0n) is 15.0. The average Bonchev–Trinajstić information content (AvgIpc) is 3.20. The molecule has 0 radical (unpaired) electrons. The standard InChI is InChI=1S/C20H23N3O3S/c24-18(21-13-17-10-5-11-26-17)15-8-4-9-16(12-15)22-20(27)23-19(25)14-6-2-1-3-7-14/h4-5,8-12,14H,1-3,6-7,13H2,(H,21,24)(H2,22,23,25,27). The van der Waals surface area contributed by atoms with Crippen LogP contribution in [0.2, 0.25) is 0 Å². The fourth-order valence-corrected chi connectivity index (χ4v) is 3.38. The van der Waals surface area contributed by atoms with Gasteiger partial charge in [-0.15, -0.1) is 0 Å². The van der Waals surface area contributed by atoms with E-state index in [4.69, 9.17) is 16.6 Å². The van der Waals surface area contributed by atoms with E-state index in [0.717, 1.165) is 25.7 Å². The van der Waals surface area contributed by atoms with Crippen LogP contribution in [0.15, 0.2) is 47.1 Å². The first-order chi connectivity index (χ1) is 13.1. The quantitative estimate of drug-likeness (QED) is 0.685. The van der Waals surface area contributed by atoms with Gasteiger partial charge in [0, 0.05) is 17.2 Å². The molecule has 1 heterocycles. The Bertz CT molecular complexity index is 799. The van der Waals surface area contributed by atoms with Crippen molar-refractivity contribution in [2.24, 2.45) is 5.92 Å². The number of hydrogen-bond donors (Lipinski definition) is 3. The van der Waals surface area contributed by atoms with Crippen molar-refractivity contribution in [3.63, 3.8) is 0 Å². The Morgan fingerprint density at radius 3 is 2.67 bits per heavy atom. The molecule has 2 aromatic rings. The molecule has 1 aromatic heterocycles. The zero-order valence-corrected chi connectivity index (χ0v) is 15.8. The number of benzene rings is 1. The Hall–Kier alpha value is -2.67. The number of furan rings is 1. The Labute approximate surface area is 163 Å². The second kappa shape index (κ2) is 9.32. The predicted molar refractivity (Wildman–Crippen MR) is 107 cm³/mol. The SMILES string of the molecule is O=C(NCc1ccco1)c1cccc(NC(=S)NC(=O)C2CCCCC2)c1. The van der Waals surface area contributed by atoms with Crippen molar-refractivity contribution >= 4 is 34.8 Å². The molecule has 3 N–H and O–H groups in total. The van der Waals surface area contributed by atoms with Gasteiger partial charge in [0.15, 0.2) is 5.11 Å². The summed E-state index contributed by atoms with van der Waals surface area (Å²) in [5, 5.41) is 8.78. The van der Waals surface area contributed by atoms with Crippen LogP contribution in [0.3, 0.4) is 0 Å². The van der Waals surface area contributed by atoms with Gasteiger partial charge in [0.05, 0.1) is 12.8 Å². The highest BCUT2D eigenvalue weighted by molar-refractivity contribution is 7.80. The number of carbonyl (C=O) groups is 2. The van der Waals surface area contributed by atoms with E-state index in [-0.39, 0.29) is 22.8 Å². The van der Waals surface area contributed by atoms with Crippen LogP contribution in [0.25, 0.3) is 0 Å². The first-order valence-electron chi connectivity index (χ1n) is 9.14. The topological polar surface area (TPSA) is 83.4 Å². The highest BCUT2D eigenvalue weighted by Crippen LogP contribution is 2.23. The average molecular weight is 385 g/mol. The molecule has 0 unspecified atom stereocenters. The maximum Gasteiger partial charge on any atom is 0.251 e. The number of anilines is 1. The van der Waals surface area contributed by atoms with Crippen molar-refractivity contribution < 1.29 is 14.0 Å². The molecule has 1 aliphatic rings. The zero-order chi connectivity index (χ0) is 19.1. The fraction of sp³-hybridized carbons (Fsp3) is 0.350. The lowest BCUT2D eigenvalue weighted by Gasteiger charge is -2.21. The van der Waals surface area contributed by atoms with Gasteiger partial charge >= 0.3 is 0 Å². The monoisotopic (exact) mass is 385 g/mol. The second-order valence-corrected chi connectivity index (χ2v) is 7.03. The minimum Gasteiger partial charge on any atom is -0.467 e. The molecule has 0 aliphatic heterocycles. The third-order valence-corrected chi connectivity index (χ3v) is 4.80. The van der Waals surface area contributed by atoms with E-state index in [9.17, 15) is 9.59 Å². The summed E-state index contributed by atoms with van der Waals surface area (Å²) in [5.41, 5.74) is 1.14. The highest BCUT2D eigenvalue weighted by atomic mass is 32.1. The number of carbonyl (C=O) groups excluding carboxylic acids is 2. The Kier molecular flexibility index (Phi) is 6.59. The highest BCUT2D eigenvalue weighted by Gasteiger charge is 2.21. The molecule has 2 amide bonds.